The Balaban J connectivity index is 1.28. The van der Waals surface area contributed by atoms with E-state index in [1.807, 2.05) is 72.8 Å². The van der Waals surface area contributed by atoms with Crippen LogP contribution in [0.4, 0.5) is 26.7 Å². The molecule has 3 amide bonds. The fraction of sp³-hybridized carbons (Fsp3) is 0.241. The molecule has 3 aromatic carbocycles. The normalized spacial score (nSPS) is 21.7. The van der Waals surface area contributed by atoms with Crippen molar-refractivity contribution in [3.8, 4) is 5.75 Å². The maximum Gasteiger partial charge on any atom is 0.412 e. The van der Waals surface area contributed by atoms with Gasteiger partial charge in [0.15, 0.2) is 6.10 Å². The Kier molecular flexibility index (Phi) is 7.86. The van der Waals surface area contributed by atoms with Crippen LogP contribution in [0.25, 0.3) is 0 Å². The quantitative estimate of drug-likeness (QED) is 0.435. The molecule has 3 aromatic rings. The minimum atomic E-state index is -0.731. The summed E-state index contributed by atoms with van der Waals surface area (Å²) in [6.07, 6.45) is 0.898. The van der Waals surface area contributed by atoms with Crippen LogP contribution in [0.1, 0.15) is 0 Å². The van der Waals surface area contributed by atoms with Crippen molar-refractivity contribution in [2.24, 2.45) is 0 Å². The minimum Gasteiger partial charge on any atom is -0.497 e. The fourth-order valence-corrected chi connectivity index (χ4v) is 4.51. The van der Waals surface area contributed by atoms with Crippen LogP contribution >= 0.6 is 0 Å². The third kappa shape index (κ3) is 5.80. The van der Waals surface area contributed by atoms with Gasteiger partial charge in [-0.05, 0) is 48.5 Å². The van der Waals surface area contributed by atoms with Crippen LogP contribution in [0, 0.1) is 0 Å². The number of anilines is 3. The number of carbonyl (C=O) groups excluding carboxylic acids is 2. The Bertz CT molecular complexity index is 1210. The van der Waals surface area contributed by atoms with Gasteiger partial charge in [-0.25, -0.2) is 9.59 Å². The fourth-order valence-electron chi connectivity index (χ4n) is 4.51. The van der Waals surface area contributed by atoms with Crippen molar-refractivity contribution in [1.82, 2.24) is 5.32 Å². The number of benzene rings is 3. The van der Waals surface area contributed by atoms with Gasteiger partial charge in [0.25, 0.3) is 0 Å². The molecule has 0 unspecified atom stereocenters. The number of nitrogens with zero attached hydrogens (tertiary/aromatic N) is 1. The summed E-state index contributed by atoms with van der Waals surface area (Å²) in [7, 11) is 1.57. The molecule has 4 atom stereocenters. The van der Waals surface area contributed by atoms with Crippen molar-refractivity contribution in [1.29, 1.82) is 0 Å². The second kappa shape index (κ2) is 11.8. The molecular formula is C29H29N3O6. The second-order valence-electron chi connectivity index (χ2n) is 8.78. The first-order chi connectivity index (χ1) is 18.6. The first-order valence-corrected chi connectivity index (χ1v) is 12.4. The molecule has 1 fully saturated rings. The highest BCUT2D eigenvalue weighted by molar-refractivity contribution is 5.99. The largest absolute Gasteiger partial charge is 0.497 e. The SMILES string of the molecule is COc1ccc(NC(=O)O[C@H]2[C@@H]3OCC=C[C@@H]3O[C@@H]2CNC(=O)N(c2ccccc2)c2ccccc2)cc1. The van der Waals surface area contributed by atoms with Crippen LogP contribution in [0.5, 0.6) is 5.75 Å². The lowest BCUT2D eigenvalue weighted by Crippen LogP contribution is -2.46. The molecule has 2 aliphatic heterocycles. The molecule has 5 rings (SSSR count). The molecule has 0 bridgehead atoms. The highest BCUT2D eigenvalue weighted by atomic mass is 16.6. The average molecular weight is 516 g/mol. The van der Waals surface area contributed by atoms with Gasteiger partial charge in [-0.15, -0.1) is 0 Å². The monoisotopic (exact) mass is 515 g/mol. The molecule has 38 heavy (non-hydrogen) atoms. The molecule has 196 valence electrons. The number of amides is 3. The van der Waals surface area contributed by atoms with Crippen molar-refractivity contribution in [3.63, 3.8) is 0 Å². The third-order valence-corrected chi connectivity index (χ3v) is 6.32. The highest BCUT2D eigenvalue weighted by Crippen LogP contribution is 2.30. The smallest absolute Gasteiger partial charge is 0.412 e. The van der Waals surface area contributed by atoms with Gasteiger partial charge < -0.3 is 24.3 Å². The number of nitrogens with one attached hydrogen (secondary N) is 2. The molecule has 9 heteroatoms. The summed E-state index contributed by atoms with van der Waals surface area (Å²) in [5, 5.41) is 5.67. The molecule has 1 saturated heterocycles. The predicted molar refractivity (Wildman–Crippen MR) is 143 cm³/mol. The number of ether oxygens (including phenoxy) is 4. The van der Waals surface area contributed by atoms with Gasteiger partial charge >= 0.3 is 12.1 Å². The number of hydrogen-bond donors (Lipinski definition) is 2. The number of methoxy groups -OCH3 is 1. The molecule has 9 nitrogen and oxygen atoms in total. The molecule has 0 aliphatic carbocycles. The summed E-state index contributed by atoms with van der Waals surface area (Å²) in [4.78, 5) is 27.8. The van der Waals surface area contributed by atoms with Crippen LogP contribution in [-0.2, 0) is 14.2 Å². The zero-order valence-electron chi connectivity index (χ0n) is 20.9. The minimum absolute atomic E-state index is 0.111. The lowest BCUT2D eigenvalue weighted by atomic mass is 10.1. The lowest BCUT2D eigenvalue weighted by Gasteiger charge is -2.27. The second-order valence-corrected chi connectivity index (χ2v) is 8.78. The average Bonchev–Trinajstić information content (AvgIpc) is 3.30. The van der Waals surface area contributed by atoms with E-state index in [0.29, 0.717) is 18.0 Å². The molecule has 0 saturated carbocycles. The van der Waals surface area contributed by atoms with Crippen LogP contribution in [0.3, 0.4) is 0 Å². The predicted octanol–water partition coefficient (Wildman–Crippen LogP) is 4.88. The number of hydrogen-bond acceptors (Lipinski definition) is 6. The van der Waals surface area contributed by atoms with Gasteiger partial charge in [0.05, 0.1) is 25.1 Å². The molecular weight excluding hydrogens is 486 g/mol. The third-order valence-electron chi connectivity index (χ3n) is 6.32. The van der Waals surface area contributed by atoms with E-state index in [1.165, 1.54) is 0 Å². The van der Waals surface area contributed by atoms with E-state index in [9.17, 15) is 9.59 Å². The highest BCUT2D eigenvalue weighted by Gasteiger charge is 2.48. The Hall–Kier alpha value is -4.34. The summed E-state index contributed by atoms with van der Waals surface area (Å²) in [6, 6.07) is 25.3. The van der Waals surface area contributed by atoms with Crippen LogP contribution in [0.15, 0.2) is 97.1 Å². The van der Waals surface area contributed by atoms with E-state index in [4.69, 9.17) is 18.9 Å². The summed E-state index contributed by atoms with van der Waals surface area (Å²) in [5.41, 5.74) is 1.99. The van der Waals surface area contributed by atoms with E-state index in [2.05, 4.69) is 10.6 Å². The van der Waals surface area contributed by atoms with E-state index >= 15 is 0 Å². The van der Waals surface area contributed by atoms with Gasteiger partial charge in [0, 0.05) is 12.2 Å². The van der Waals surface area contributed by atoms with Gasteiger partial charge in [0.1, 0.15) is 24.1 Å². The van der Waals surface area contributed by atoms with Gasteiger partial charge in [-0.1, -0.05) is 48.6 Å². The van der Waals surface area contributed by atoms with Crippen molar-refractivity contribution in [2.45, 2.75) is 24.4 Å². The van der Waals surface area contributed by atoms with Gasteiger partial charge in [-0.2, -0.15) is 0 Å². The van der Waals surface area contributed by atoms with Crippen molar-refractivity contribution in [2.75, 3.05) is 30.5 Å². The van der Waals surface area contributed by atoms with Crippen molar-refractivity contribution >= 4 is 29.2 Å². The van der Waals surface area contributed by atoms with E-state index in [1.54, 1.807) is 36.3 Å². The van der Waals surface area contributed by atoms with Crippen LogP contribution < -0.4 is 20.3 Å². The number of carbonyl (C=O) groups is 2. The molecule has 0 radical (unpaired) electrons. The Morgan fingerprint density at radius 2 is 1.61 bits per heavy atom. The maximum absolute atomic E-state index is 13.4. The number of para-hydroxylation sites is 2. The molecule has 0 aromatic heterocycles. The van der Waals surface area contributed by atoms with E-state index in [0.717, 1.165) is 11.4 Å². The van der Waals surface area contributed by atoms with Gasteiger partial charge in [-0.3, -0.25) is 10.2 Å². The summed E-state index contributed by atoms with van der Waals surface area (Å²) >= 11 is 0. The zero-order chi connectivity index (χ0) is 26.3. The number of rotatable bonds is 7. The first-order valence-electron chi connectivity index (χ1n) is 12.4. The standard InChI is InChI=1S/C29H29N3O6/c1-35-23-16-14-20(15-17-23)31-29(34)38-27-25(37-24-13-8-18-36-26(24)27)19-30-28(33)32(21-9-4-2-5-10-21)22-11-6-3-7-12-22/h2-17,24-27H,18-19H2,1H3,(H,30,33)(H,31,34)/t24-,25+,26+,27+/m0/s1. The van der Waals surface area contributed by atoms with Crippen molar-refractivity contribution in [3.05, 3.63) is 97.1 Å². The van der Waals surface area contributed by atoms with Crippen LogP contribution in [0.2, 0.25) is 0 Å². The zero-order valence-corrected chi connectivity index (χ0v) is 20.9. The first kappa shape index (κ1) is 25.3. The van der Waals surface area contributed by atoms with Crippen LogP contribution in [-0.4, -0.2) is 56.8 Å². The summed E-state index contributed by atoms with van der Waals surface area (Å²) in [5.74, 6) is 0.675. The van der Waals surface area contributed by atoms with Crippen molar-refractivity contribution < 1.29 is 28.5 Å². The lowest BCUT2D eigenvalue weighted by molar-refractivity contribution is -0.0249. The van der Waals surface area contributed by atoms with E-state index < -0.39 is 24.4 Å². The summed E-state index contributed by atoms with van der Waals surface area (Å²) < 4.78 is 22.9. The Morgan fingerprint density at radius 3 is 2.24 bits per heavy atom. The number of urea groups is 1. The van der Waals surface area contributed by atoms with E-state index in [-0.39, 0.29) is 18.7 Å². The maximum atomic E-state index is 13.4. The van der Waals surface area contributed by atoms with Gasteiger partial charge in [0.2, 0.25) is 0 Å². The molecule has 2 N–H and O–H groups in total. The Morgan fingerprint density at radius 1 is 0.947 bits per heavy atom. The molecule has 2 aliphatic rings. The molecule has 2 heterocycles. The molecule has 0 spiro atoms. The topological polar surface area (TPSA) is 98.4 Å². The summed E-state index contributed by atoms with van der Waals surface area (Å²) in [6.45, 7) is 0.499. The Labute approximate surface area is 220 Å². The number of fused-ring (bicyclic) bond motifs is 1.